The van der Waals surface area contributed by atoms with Crippen LogP contribution in [0.2, 0.25) is 0 Å². The first-order valence-corrected chi connectivity index (χ1v) is 6.28. The van der Waals surface area contributed by atoms with Crippen molar-refractivity contribution in [3.8, 4) is 0 Å². The monoisotopic (exact) mass is 232 g/mol. The number of hydrogen-bond acceptors (Lipinski definition) is 2. The largest absolute Gasteiger partial charge is 0.352 e. The Morgan fingerprint density at radius 1 is 1.35 bits per heavy atom. The number of nitrogens with one attached hydrogen (secondary N) is 2. The zero-order valence-electron chi connectivity index (χ0n) is 10.3. The van der Waals surface area contributed by atoms with Crippen LogP contribution >= 0.6 is 0 Å². The van der Waals surface area contributed by atoms with Gasteiger partial charge in [0.25, 0.3) is 0 Å². The molecule has 1 fully saturated rings. The standard InChI is InChI=1S/C14H20N2O/c1-11-7-13(10-15-9-11)16-14(17)8-12-5-3-2-4-6-12/h2-6,11,13,15H,7-10H2,1H3,(H,16,17). The predicted octanol–water partition coefficient (Wildman–Crippen LogP) is 1.34. The third-order valence-electron chi connectivity index (χ3n) is 3.14. The highest BCUT2D eigenvalue weighted by atomic mass is 16.1. The predicted molar refractivity (Wildman–Crippen MR) is 68.7 cm³/mol. The van der Waals surface area contributed by atoms with Crippen LogP contribution in [-0.2, 0) is 11.2 Å². The minimum absolute atomic E-state index is 0.122. The van der Waals surface area contributed by atoms with Crippen molar-refractivity contribution >= 4 is 5.91 Å². The van der Waals surface area contributed by atoms with Crippen LogP contribution in [0.1, 0.15) is 18.9 Å². The fourth-order valence-electron chi connectivity index (χ4n) is 2.33. The lowest BCUT2D eigenvalue weighted by atomic mass is 9.97. The number of piperidine rings is 1. The highest BCUT2D eigenvalue weighted by Gasteiger charge is 2.19. The van der Waals surface area contributed by atoms with Gasteiger partial charge in [0, 0.05) is 12.6 Å². The number of rotatable bonds is 3. The summed E-state index contributed by atoms with van der Waals surface area (Å²) in [6.45, 7) is 4.17. The van der Waals surface area contributed by atoms with E-state index in [9.17, 15) is 4.79 Å². The van der Waals surface area contributed by atoms with Gasteiger partial charge in [0.1, 0.15) is 0 Å². The van der Waals surface area contributed by atoms with Gasteiger partial charge in [0.15, 0.2) is 0 Å². The second kappa shape index (κ2) is 5.82. The van der Waals surface area contributed by atoms with E-state index in [-0.39, 0.29) is 11.9 Å². The molecule has 1 aromatic carbocycles. The third kappa shape index (κ3) is 3.86. The van der Waals surface area contributed by atoms with Crippen molar-refractivity contribution in [2.75, 3.05) is 13.1 Å². The van der Waals surface area contributed by atoms with Gasteiger partial charge in [-0.1, -0.05) is 37.3 Å². The summed E-state index contributed by atoms with van der Waals surface area (Å²) in [6, 6.07) is 10.2. The molecule has 3 nitrogen and oxygen atoms in total. The summed E-state index contributed by atoms with van der Waals surface area (Å²) in [4.78, 5) is 11.8. The van der Waals surface area contributed by atoms with Crippen molar-refractivity contribution in [3.05, 3.63) is 35.9 Å². The van der Waals surface area contributed by atoms with Crippen LogP contribution in [-0.4, -0.2) is 25.0 Å². The molecule has 1 amide bonds. The second-order valence-electron chi connectivity index (χ2n) is 4.93. The first-order chi connectivity index (χ1) is 8.24. The van der Waals surface area contributed by atoms with Crippen LogP contribution < -0.4 is 10.6 Å². The maximum absolute atomic E-state index is 11.8. The maximum Gasteiger partial charge on any atom is 0.224 e. The quantitative estimate of drug-likeness (QED) is 0.826. The smallest absolute Gasteiger partial charge is 0.224 e. The molecular formula is C14H20N2O. The van der Waals surface area contributed by atoms with Crippen LogP contribution in [0.15, 0.2) is 30.3 Å². The van der Waals surface area contributed by atoms with E-state index in [1.165, 1.54) is 0 Å². The fraction of sp³-hybridized carbons (Fsp3) is 0.500. The molecule has 0 saturated carbocycles. The van der Waals surface area contributed by atoms with E-state index in [0.717, 1.165) is 25.1 Å². The summed E-state index contributed by atoms with van der Waals surface area (Å²) in [5.74, 6) is 0.767. The molecule has 2 unspecified atom stereocenters. The van der Waals surface area contributed by atoms with Gasteiger partial charge in [0.2, 0.25) is 5.91 Å². The molecule has 1 aromatic rings. The summed E-state index contributed by atoms with van der Waals surface area (Å²) < 4.78 is 0. The van der Waals surface area contributed by atoms with E-state index < -0.39 is 0 Å². The molecular weight excluding hydrogens is 212 g/mol. The van der Waals surface area contributed by atoms with Gasteiger partial charge >= 0.3 is 0 Å². The number of carbonyl (C=O) groups excluding carboxylic acids is 1. The third-order valence-corrected chi connectivity index (χ3v) is 3.14. The van der Waals surface area contributed by atoms with Crippen molar-refractivity contribution < 1.29 is 4.79 Å². The average Bonchev–Trinajstić information content (AvgIpc) is 2.30. The first-order valence-electron chi connectivity index (χ1n) is 6.28. The summed E-state index contributed by atoms with van der Waals surface area (Å²) in [5, 5.41) is 6.44. The Morgan fingerprint density at radius 3 is 2.82 bits per heavy atom. The van der Waals surface area contributed by atoms with Crippen molar-refractivity contribution in [3.63, 3.8) is 0 Å². The zero-order valence-corrected chi connectivity index (χ0v) is 10.3. The average molecular weight is 232 g/mol. The van der Waals surface area contributed by atoms with E-state index in [1.807, 2.05) is 30.3 Å². The van der Waals surface area contributed by atoms with E-state index in [4.69, 9.17) is 0 Å². The molecule has 0 bridgehead atoms. The molecule has 1 aliphatic heterocycles. The second-order valence-corrected chi connectivity index (χ2v) is 4.93. The van der Waals surface area contributed by atoms with Crippen molar-refractivity contribution in [2.24, 2.45) is 5.92 Å². The summed E-state index contributed by atoms with van der Waals surface area (Å²) >= 11 is 0. The van der Waals surface area contributed by atoms with Gasteiger partial charge in [-0.2, -0.15) is 0 Å². The Balaban J connectivity index is 1.81. The Hall–Kier alpha value is -1.35. The molecule has 17 heavy (non-hydrogen) atoms. The molecule has 2 atom stereocenters. The van der Waals surface area contributed by atoms with Crippen LogP contribution in [0.25, 0.3) is 0 Å². The minimum atomic E-state index is 0.122. The van der Waals surface area contributed by atoms with Crippen molar-refractivity contribution in [1.82, 2.24) is 10.6 Å². The summed E-state index contributed by atoms with van der Waals surface area (Å²) in [7, 11) is 0. The molecule has 3 heteroatoms. The lowest BCUT2D eigenvalue weighted by molar-refractivity contribution is -0.121. The molecule has 1 heterocycles. The normalized spacial score (nSPS) is 24.3. The highest BCUT2D eigenvalue weighted by Crippen LogP contribution is 2.09. The van der Waals surface area contributed by atoms with Gasteiger partial charge in [-0.05, 0) is 24.4 Å². The van der Waals surface area contributed by atoms with Gasteiger partial charge < -0.3 is 10.6 Å². The molecule has 2 rings (SSSR count). The van der Waals surface area contributed by atoms with E-state index in [2.05, 4.69) is 17.6 Å². The number of hydrogen-bond donors (Lipinski definition) is 2. The SMILES string of the molecule is CC1CNCC(NC(=O)Cc2ccccc2)C1. The summed E-state index contributed by atoms with van der Waals surface area (Å²) in [6.07, 6.45) is 1.55. The molecule has 1 saturated heterocycles. The number of benzene rings is 1. The number of amides is 1. The molecule has 0 spiro atoms. The van der Waals surface area contributed by atoms with Gasteiger partial charge in [0.05, 0.1) is 6.42 Å². The lowest BCUT2D eigenvalue weighted by Crippen LogP contribution is -2.48. The minimum Gasteiger partial charge on any atom is -0.352 e. The van der Waals surface area contributed by atoms with Crippen LogP contribution in [0.3, 0.4) is 0 Å². The molecule has 0 aromatic heterocycles. The van der Waals surface area contributed by atoms with Crippen LogP contribution in [0.5, 0.6) is 0 Å². The molecule has 0 radical (unpaired) electrons. The zero-order chi connectivity index (χ0) is 12.1. The Labute approximate surface area is 103 Å². The molecule has 92 valence electrons. The highest BCUT2D eigenvalue weighted by molar-refractivity contribution is 5.78. The molecule has 2 N–H and O–H groups in total. The van der Waals surface area contributed by atoms with Crippen LogP contribution in [0.4, 0.5) is 0 Å². The van der Waals surface area contributed by atoms with Gasteiger partial charge in [-0.3, -0.25) is 4.79 Å². The lowest BCUT2D eigenvalue weighted by Gasteiger charge is -2.28. The van der Waals surface area contributed by atoms with E-state index in [1.54, 1.807) is 0 Å². The van der Waals surface area contributed by atoms with Crippen molar-refractivity contribution in [2.45, 2.75) is 25.8 Å². The Kier molecular flexibility index (Phi) is 4.15. The number of carbonyl (C=O) groups is 1. The van der Waals surface area contributed by atoms with Crippen LogP contribution in [0, 0.1) is 5.92 Å². The van der Waals surface area contributed by atoms with Gasteiger partial charge in [-0.25, -0.2) is 0 Å². The Morgan fingerprint density at radius 2 is 2.12 bits per heavy atom. The maximum atomic E-state index is 11.8. The molecule has 0 aliphatic carbocycles. The van der Waals surface area contributed by atoms with Gasteiger partial charge in [-0.15, -0.1) is 0 Å². The van der Waals surface area contributed by atoms with E-state index in [0.29, 0.717) is 12.3 Å². The Bertz CT molecular complexity index is 364. The summed E-state index contributed by atoms with van der Waals surface area (Å²) in [5.41, 5.74) is 1.07. The topological polar surface area (TPSA) is 41.1 Å². The fourth-order valence-corrected chi connectivity index (χ4v) is 2.33. The molecule has 1 aliphatic rings. The van der Waals surface area contributed by atoms with E-state index >= 15 is 0 Å². The first kappa shape index (κ1) is 12.1. The van der Waals surface area contributed by atoms with Crippen molar-refractivity contribution in [1.29, 1.82) is 0 Å².